The van der Waals surface area contributed by atoms with Gasteiger partial charge in [-0.15, -0.1) is 0 Å². The van der Waals surface area contributed by atoms with Gasteiger partial charge in [-0.2, -0.15) is 5.26 Å². The Bertz CT molecular complexity index is 942. The van der Waals surface area contributed by atoms with Crippen LogP contribution < -0.4 is 10.6 Å². The third-order valence-electron chi connectivity index (χ3n) is 4.02. The fourth-order valence-electron chi connectivity index (χ4n) is 2.39. The number of amides is 1. The van der Waals surface area contributed by atoms with Crippen molar-refractivity contribution in [3.63, 3.8) is 0 Å². The van der Waals surface area contributed by atoms with Gasteiger partial charge in [0.15, 0.2) is 0 Å². The highest BCUT2D eigenvalue weighted by molar-refractivity contribution is 6.10. The lowest BCUT2D eigenvalue weighted by atomic mass is 10.1. The Hall–Kier alpha value is -3.66. The van der Waals surface area contributed by atoms with Crippen molar-refractivity contribution in [2.45, 2.75) is 13.8 Å². The molecule has 2 N–H and O–H groups in total. The number of rotatable bonds is 5. The van der Waals surface area contributed by atoms with Crippen molar-refractivity contribution in [2.75, 3.05) is 17.7 Å². The van der Waals surface area contributed by atoms with Gasteiger partial charge in [0, 0.05) is 18.8 Å². The average molecular weight is 350 g/mol. The molecule has 0 fully saturated rings. The van der Waals surface area contributed by atoms with Gasteiger partial charge in [0.1, 0.15) is 17.3 Å². The topological polar surface area (TPSA) is 108 Å². The Morgan fingerprint density at radius 2 is 1.96 bits per heavy atom. The lowest BCUT2D eigenvalue weighted by molar-refractivity contribution is -0.384. The fraction of sp³-hybridized carbons (Fsp3) is 0.158. The molecule has 26 heavy (non-hydrogen) atoms. The van der Waals surface area contributed by atoms with Crippen molar-refractivity contribution in [1.29, 1.82) is 5.26 Å². The van der Waals surface area contributed by atoms with Crippen LogP contribution in [0.1, 0.15) is 16.7 Å². The van der Waals surface area contributed by atoms with Crippen LogP contribution in [0.5, 0.6) is 0 Å². The highest BCUT2D eigenvalue weighted by atomic mass is 16.6. The average Bonchev–Trinajstić information content (AvgIpc) is 2.63. The molecule has 0 atom stereocenters. The highest BCUT2D eigenvalue weighted by Crippen LogP contribution is 2.26. The summed E-state index contributed by atoms with van der Waals surface area (Å²) in [5.41, 5.74) is 3.02. The summed E-state index contributed by atoms with van der Waals surface area (Å²) in [5.74, 6) is -0.568. The van der Waals surface area contributed by atoms with Crippen LogP contribution in [0.25, 0.3) is 6.08 Å². The van der Waals surface area contributed by atoms with Gasteiger partial charge < -0.3 is 10.6 Å². The zero-order chi connectivity index (χ0) is 19.3. The number of anilines is 2. The monoisotopic (exact) mass is 350 g/mol. The van der Waals surface area contributed by atoms with Crippen LogP contribution in [-0.4, -0.2) is 17.9 Å². The third-order valence-corrected chi connectivity index (χ3v) is 4.02. The molecule has 0 aromatic heterocycles. The maximum Gasteiger partial charge on any atom is 0.292 e. The standard InChI is InChI=1S/C19H18N4O3/c1-12-5-4-6-16(13(12)2)22-19(24)15(11-20)9-14-7-8-17(21-3)18(10-14)23(25)26/h4-10,21H,1-3H3,(H,22,24)/b15-9+. The SMILES string of the molecule is CNc1ccc(/C=C(\C#N)C(=O)Nc2cccc(C)c2C)cc1[N+](=O)[O-]. The summed E-state index contributed by atoms with van der Waals surface area (Å²) in [5, 5.41) is 25.9. The number of nitro benzene ring substituents is 1. The molecule has 0 aliphatic carbocycles. The Morgan fingerprint density at radius 3 is 2.58 bits per heavy atom. The van der Waals surface area contributed by atoms with Crippen molar-refractivity contribution in [3.8, 4) is 6.07 Å². The van der Waals surface area contributed by atoms with E-state index in [-0.39, 0.29) is 11.3 Å². The van der Waals surface area contributed by atoms with Crippen molar-refractivity contribution in [3.05, 3.63) is 68.8 Å². The summed E-state index contributed by atoms with van der Waals surface area (Å²) in [4.78, 5) is 23.0. The second-order valence-electron chi connectivity index (χ2n) is 5.66. The maximum absolute atomic E-state index is 12.4. The summed E-state index contributed by atoms with van der Waals surface area (Å²) in [6.07, 6.45) is 1.33. The minimum atomic E-state index is -0.568. The minimum Gasteiger partial charge on any atom is -0.383 e. The van der Waals surface area contributed by atoms with Crippen LogP contribution in [0.2, 0.25) is 0 Å². The maximum atomic E-state index is 12.4. The first kappa shape index (κ1) is 18.7. The van der Waals surface area contributed by atoms with Crippen LogP contribution in [0.3, 0.4) is 0 Å². The molecule has 0 bridgehead atoms. The number of nitrogens with one attached hydrogen (secondary N) is 2. The zero-order valence-electron chi connectivity index (χ0n) is 14.7. The van der Waals surface area contributed by atoms with E-state index < -0.39 is 10.8 Å². The molecule has 1 amide bonds. The Balaban J connectivity index is 2.34. The third kappa shape index (κ3) is 4.05. The summed E-state index contributed by atoms with van der Waals surface area (Å²) in [6.45, 7) is 3.80. The second-order valence-corrected chi connectivity index (χ2v) is 5.66. The molecule has 0 aliphatic heterocycles. The van der Waals surface area contributed by atoms with Crippen molar-refractivity contribution >= 4 is 29.0 Å². The number of hydrogen-bond acceptors (Lipinski definition) is 5. The molecule has 0 spiro atoms. The predicted molar refractivity (Wildman–Crippen MR) is 101 cm³/mol. The Labute approximate surface area is 151 Å². The molecule has 2 rings (SSSR count). The van der Waals surface area contributed by atoms with Crippen LogP contribution in [-0.2, 0) is 4.79 Å². The van der Waals surface area contributed by atoms with E-state index >= 15 is 0 Å². The number of aryl methyl sites for hydroxylation is 1. The van der Waals surface area contributed by atoms with Gasteiger partial charge >= 0.3 is 0 Å². The highest BCUT2D eigenvalue weighted by Gasteiger charge is 2.15. The fourth-order valence-corrected chi connectivity index (χ4v) is 2.39. The molecule has 0 radical (unpaired) electrons. The number of nitrogens with zero attached hydrogens (tertiary/aromatic N) is 2. The van der Waals surface area contributed by atoms with Crippen molar-refractivity contribution in [1.82, 2.24) is 0 Å². The van der Waals surface area contributed by atoms with E-state index in [1.165, 1.54) is 18.2 Å². The van der Waals surface area contributed by atoms with Crippen LogP contribution in [0.4, 0.5) is 17.1 Å². The lowest BCUT2D eigenvalue weighted by Gasteiger charge is -2.10. The Kier molecular flexibility index (Phi) is 5.71. The second kappa shape index (κ2) is 7.94. The van der Waals surface area contributed by atoms with Gasteiger partial charge in [0.2, 0.25) is 0 Å². The number of carbonyl (C=O) groups excluding carboxylic acids is 1. The molecule has 0 heterocycles. The summed E-state index contributed by atoms with van der Waals surface area (Å²) in [6, 6.07) is 11.8. The number of nitriles is 1. The number of hydrogen-bond donors (Lipinski definition) is 2. The van der Waals surface area contributed by atoms with Gasteiger partial charge in [-0.3, -0.25) is 14.9 Å². The van der Waals surface area contributed by atoms with E-state index in [4.69, 9.17) is 0 Å². The van der Waals surface area contributed by atoms with Gasteiger partial charge in [-0.1, -0.05) is 18.2 Å². The smallest absolute Gasteiger partial charge is 0.292 e. The van der Waals surface area contributed by atoms with Crippen LogP contribution in [0.15, 0.2) is 42.0 Å². The predicted octanol–water partition coefficient (Wildman–Crippen LogP) is 3.80. The van der Waals surface area contributed by atoms with Gasteiger partial charge in [-0.25, -0.2) is 0 Å². The minimum absolute atomic E-state index is 0.131. The summed E-state index contributed by atoms with van der Waals surface area (Å²) >= 11 is 0. The molecule has 7 heteroatoms. The summed E-state index contributed by atoms with van der Waals surface area (Å²) in [7, 11) is 1.58. The van der Waals surface area contributed by atoms with E-state index in [0.717, 1.165) is 11.1 Å². The lowest BCUT2D eigenvalue weighted by Crippen LogP contribution is -2.14. The molecule has 0 aliphatic rings. The molecule has 7 nitrogen and oxygen atoms in total. The molecule has 0 saturated heterocycles. The van der Waals surface area contributed by atoms with E-state index in [9.17, 15) is 20.2 Å². The van der Waals surface area contributed by atoms with Gasteiger partial charge in [0.25, 0.3) is 11.6 Å². The normalized spacial score (nSPS) is 10.8. The number of benzene rings is 2. The van der Waals surface area contributed by atoms with Crippen LogP contribution >= 0.6 is 0 Å². The molecule has 0 saturated carbocycles. The van der Waals surface area contributed by atoms with E-state index in [0.29, 0.717) is 16.9 Å². The first-order valence-corrected chi connectivity index (χ1v) is 7.83. The first-order valence-electron chi connectivity index (χ1n) is 7.83. The summed E-state index contributed by atoms with van der Waals surface area (Å²) < 4.78 is 0. The van der Waals surface area contributed by atoms with Crippen molar-refractivity contribution in [2.24, 2.45) is 0 Å². The number of nitro groups is 1. The molecule has 132 valence electrons. The van der Waals surface area contributed by atoms with E-state index in [1.807, 2.05) is 32.0 Å². The first-order chi connectivity index (χ1) is 12.4. The molecule has 0 unspecified atom stereocenters. The van der Waals surface area contributed by atoms with Gasteiger partial charge in [0.05, 0.1) is 4.92 Å². The Morgan fingerprint density at radius 1 is 1.23 bits per heavy atom. The van der Waals surface area contributed by atoms with Crippen LogP contribution in [0, 0.1) is 35.3 Å². The van der Waals surface area contributed by atoms with Gasteiger partial charge in [-0.05, 0) is 48.7 Å². The van der Waals surface area contributed by atoms with E-state index in [1.54, 1.807) is 19.2 Å². The molecule has 2 aromatic rings. The molecule has 2 aromatic carbocycles. The molecular formula is C19H18N4O3. The molecular weight excluding hydrogens is 332 g/mol. The van der Waals surface area contributed by atoms with Crippen molar-refractivity contribution < 1.29 is 9.72 Å². The largest absolute Gasteiger partial charge is 0.383 e. The zero-order valence-corrected chi connectivity index (χ0v) is 14.7. The van der Waals surface area contributed by atoms with E-state index in [2.05, 4.69) is 10.6 Å². The quantitative estimate of drug-likeness (QED) is 0.369. The number of carbonyl (C=O) groups is 1.